The number of carbonyl (C=O) groups is 1. The minimum atomic E-state index is -0.469. The molecule has 0 N–H and O–H groups in total. The summed E-state index contributed by atoms with van der Waals surface area (Å²) in [7, 11) is 0. The van der Waals surface area contributed by atoms with Crippen LogP contribution in [0.2, 0.25) is 5.02 Å². The standard InChI is InChI=1S/C13H12ClNO3/c1-2-17-13(16)11-8-18-12(15-11)7-9-3-5-10(14)6-4-9/h3-6,8H,2,7H2,1H3. The van der Waals surface area contributed by atoms with Crippen LogP contribution in [0.1, 0.15) is 28.9 Å². The van der Waals surface area contributed by atoms with Gasteiger partial charge in [-0.25, -0.2) is 9.78 Å². The van der Waals surface area contributed by atoms with Crippen molar-refractivity contribution >= 4 is 17.6 Å². The number of rotatable bonds is 4. The van der Waals surface area contributed by atoms with Crippen LogP contribution >= 0.6 is 11.6 Å². The monoisotopic (exact) mass is 265 g/mol. The highest BCUT2D eigenvalue weighted by Crippen LogP contribution is 2.13. The van der Waals surface area contributed by atoms with Crippen LogP contribution in [0.25, 0.3) is 0 Å². The normalized spacial score (nSPS) is 10.3. The van der Waals surface area contributed by atoms with E-state index in [4.69, 9.17) is 20.8 Å². The molecule has 18 heavy (non-hydrogen) atoms. The van der Waals surface area contributed by atoms with Crippen molar-refractivity contribution in [2.75, 3.05) is 6.61 Å². The van der Waals surface area contributed by atoms with Gasteiger partial charge in [0, 0.05) is 11.4 Å². The molecule has 0 aliphatic carbocycles. The zero-order valence-electron chi connectivity index (χ0n) is 9.85. The minimum absolute atomic E-state index is 0.195. The van der Waals surface area contributed by atoms with E-state index >= 15 is 0 Å². The summed E-state index contributed by atoms with van der Waals surface area (Å²) in [5.41, 5.74) is 1.21. The summed E-state index contributed by atoms with van der Waals surface area (Å²) >= 11 is 5.79. The first-order chi connectivity index (χ1) is 8.69. The molecule has 0 atom stereocenters. The Hall–Kier alpha value is -1.81. The summed E-state index contributed by atoms with van der Waals surface area (Å²) in [6, 6.07) is 7.37. The highest BCUT2D eigenvalue weighted by Gasteiger charge is 2.13. The number of benzene rings is 1. The first kappa shape index (κ1) is 12.6. The molecule has 2 aromatic rings. The number of hydrogen-bond donors (Lipinski definition) is 0. The van der Waals surface area contributed by atoms with Gasteiger partial charge in [0.25, 0.3) is 0 Å². The van der Waals surface area contributed by atoms with Gasteiger partial charge in [-0.3, -0.25) is 0 Å². The van der Waals surface area contributed by atoms with Crippen molar-refractivity contribution in [2.24, 2.45) is 0 Å². The molecule has 4 nitrogen and oxygen atoms in total. The molecule has 0 unspecified atom stereocenters. The number of ether oxygens (including phenoxy) is 1. The fraction of sp³-hybridized carbons (Fsp3) is 0.231. The molecule has 0 amide bonds. The fourth-order valence-electron chi connectivity index (χ4n) is 1.47. The zero-order valence-corrected chi connectivity index (χ0v) is 10.6. The lowest BCUT2D eigenvalue weighted by Gasteiger charge is -1.97. The predicted octanol–water partition coefficient (Wildman–Crippen LogP) is 3.10. The molecule has 0 fully saturated rings. The number of oxazole rings is 1. The van der Waals surface area contributed by atoms with Crippen molar-refractivity contribution in [1.82, 2.24) is 4.98 Å². The fourth-order valence-corrected chi connectivity index (χ4v) is 1.59. The van der Waals surface area contributed by atoms with Crippen LogP contribution in [0.5, 0.6) is 0 Å². The lowest BCUT2D eigenvalue weighted by atomic mass is 10.1. The topological polar surface area (TPSA) is 52.3 Å². The molecule has 1 heterocycles. The van der Waals surface area contributed by atoms with Crippen molar-refractivity contribution in [1.29, 1.82) is 0 Å². The number of carbonyl (C=O) groups excluding carboxylic acids is 1. The summed E-state index contributed by atoms with van der Waals surface area (Å²) in [6.45, 7) is 2.06. The highest BCUT2D eigenvalue weighted by molar-refractivity contribution is 6.30. The summed E-state index contributed by atoms with van der Waals surface area (Å²) in [5.74, 6) is 0.00369. The number of aromatic nitrogens is 1. The molecule has 0 saturated carbocycles. The Balaban J connectivity index is 2.06. The molecule has 0 aliphatic heterocycles. The first-order valence-corrected chi connectivity index (χ1v) is 5.93. The first-order valence-electron chi connectivity index (χ1n) is 5.55. The molecule has 1 aromatic carbocycles. The van der Waals surface area contributed by atoms with Crippen LogP contribution in [0.4, 0.5) is 0 Å². The molecular formula is C13H12ClNO3. The molecule has 1 aromatic heterocycles. The highest BCUT2D eigenvalue weighted by atomic mass is 35.5. The maximum atomic E-state index is 11.4. The molecule has 0 radical (unpaired) electrons. The Labute approximate surface area is 110 Å². The largest absolute Gasteiger partial charge is 0.461 e. The van der Waals surface area contributed by atoms with Crippen LogP contribution in [0, 0.1) is 0 Å². The molecule has 0 aliphatic rings. The average molecular weight is 266 g/mol. The second-order valence-corrected chi connectivity index (χ2v) is 4.09. The molecule has 2 rings (SSSR count). The van der Waals surface area contributed by atoms with Crippen molar-refractivity contribution in [3.8, 4) is 0 Å². The van der Waals surface area contributed by atoms with Crippen LogP contribution < -0.4 is 0 Å². The van der Waals surface area contributed by atoms with E-state index in [1.54, 1.807) is 19.1 Å². The number of hydrogen-bond acceptors (Lipinski definition) is 4. The van der Waals surface area contributed by atoms with E-state index in [1.807, 2.05) is 12.1 Å². The second-order valence-electron chi connectivity index (χ2n) is 3.65. The van der Waals surface area contributed by atoms with Crippen molar-refractivity contribution in [2.45, 2.75) is 13.3 Å². The maximum absolute atomic E-state index is 11.4. The van der Waals surface area contributed by atoms with Gasteiger partial charge in [0.15, 0.2) is 11.6 Å². The average Bonchev–Trinajstić information content (AvgIpc) is 2.81. The van der Waals surface area contributed by atoms with E-state index in [9.17, 15) is 4.79 Å². The van der Waals surface area contributed by atoms with E-state index < -0.39 is 5.97 Å². The van der Waals surface area contributed by atoms with Gasteiger partial charge in [-0.05, 0) is 24.6 Å². The number of nitrogens with zero attached hydrogens (tertiary/aromatic N) is 1. The van der Waals surface area contributed by atoms with Gasteiger partial charge in [-0.1, -0.05) is 23.7 Å². The number of esters is 1. The zero-order chi connectivity index (χ0) is 13.0. The van der Waals surface area contributed by atoms with Crippen LogP contribution in [0.15, 0.2) is 34.9 Å². The van der Waals surface area contributed by atoms with Crippen molar-refractivity contribution < 1.29 is 13.9 Å². The molecule has 94 valence electrons. The van der Waals surface area contributed by atoms with Crippen molar-refractivity contribution in [3.63, 3.8) is 0 Å². The molecule has 5 heteroatoms. The Morgan fingerprint density at radius 2 is 2.11 bits per heavy atom. The van der Waals surface area contributed by atoms with Gasteiger partial charge in [0.05, 0.1) is 6.61 Å². The van der Waals surface area contributed by atoms with Crippen LogP contribution in [0.3, 0.4) is 0 Å². The van der Waals surface area contributed by atoms with Gasteiger partial charge in [-0.15, -0.1) is 0 Å². The van der Waals surface area contributed by atoms with E-state index in [2.05, 4.69) is 4.98 Å². The van der Waals surface area contributed by atoms with E-state index in [0.717, 1.165) is 5.56 Å². The summed E-state index contributed by atoms with van der Waals surface area (Å²) in [4.78, 5) is 15.5. The van der Waals surface area contributed by atoms with Crippen molar-refractivity contribution in [3.05, 3.63) is 52.7 Å². The third kappa shape index (κ3) is 3.11. The third-order valence-electron chi connectivity index (χ3n) is 2.30. The Bertz CT molecular complexity index is 533. The Kier molecular flexibility index (Phi) is 3.99. The third-order valence-corrected chi connectivity index (χ3v) is 2.56. The van der Waals surface area contributed by atoms with Crippen LogP contribution in [-0.2, 0) is 11.2 Å². The Morgan fingerprint density at radius 1 is 1.39 bits per heavy atom. The minimum Gasteiger partial charge on any atom is -0.461 e. The molecule has 0 saturated heterocycles. The molecule has 0 spiro atoms. The van der Waals surface area contributed by atoms with Gasteiger partial charge in [-0.2, -0.15) is 0 Å². The quantitative estimate of drug-likeness (QED) is 0.797. The molecular weight excluding hydrogens is 254 g/mol. The smallest absolute Gasteiger partial charge is 0.360 e. The number of halogens is 1. The lowest BCUT2D eigenvalue weighted by Crippen LogP contribution is -2.05. The van der Waals surface area contributed by atoms with Gasteiger partial charge < -0.3 is 9.15 Å². The van der Waals surface area contributed by atoms with E-state index in [0.29, 0.717) is 23.9 Å². The summed E-state index contributed by atoms with van der Waals surface area (Å²) < 4.78 is 10.0. The summed E-state index contributed by atoms with van der Waals surface area (Å²) in [5, 5.41) is 0.679. The lowest BCUT2D eigenvalue weighted by molar-refractivity contribution is 0.0519. The molecule has 0 bridgehead atoms. The Morgan fingerprint density at radius 3 is 2.78 bits per heavy atom. The van der Waals surface area contributed by atoms with Gasteiger partial charge in [0.2, 0.25) is 0 Å². The van der Waals surface area contributed by atoms with E-state index in [-0.39, 0.29) is 5.69 Å². The predicted molar refractivity (Wildman–Crippen MR) is 66.7 cm³/mol. The van der Waals surface area contributed by atoms with Gasteiger partial charge >= 0.3 is 5.97 Å². The SMILES string of the molecule is CCOC(=O)c1coc(Cc2ccc(Cl)cc2)n1. The maximum Gasteiger partial charge on any atom is 0.360 e. The summed E-state index contributed by atoms with van der Waals surface area (Å²) in [6.07, 6.45) is 1.82. The second kappa shape index (κ2) is 5.69. The van der Waals surface area contributed by atoms with E-state index in [1.165, 1.54) is 6.26 Å². The van der Waals surface area contributed by atoms with Crippen LogP contribution in [-0.4, -0.2) is 17.6 Å². The van der Waals surface area contributed by atoms with Gasteiger partial charge in [0.1, 0.15) is 6.26 Å².